The molecule has 36 heavy (non-hydrogen) atoms. The molecular weight excluding hydrogens is 465 g/mol. The largest absolute Gasteiger partial charge is 0.484 e. The van der Waals surface area contributed by atoms with E-state index >= 15 is 0 Å². The maximum Gasteiger partial charge on any atom is 0.335 e. The average Bonchev–Trinajstić information content (AvgIpc) is 2.83. The van der Waals surface area contributed by atoms with E-state index in [0.717, 1.165) is 17.2 Å². The Kier molecular flexibility index (Phi) is 6.91. The molecule has 9 heteroatoms. The van der Waals surface area contributed by atoms with Crippen LogP contribution in [-0.4, -0.2) is 30.4 Å². The van der Waals surface area contributed by atoms with Gasteiger partial charge in [-0.3, -0.25) is 19.7 Å². The van der Waals surface area contributed by atoms with E-state index in [1.165, 1.54) is 24.3 Å². The average molecular weight is 487 g/mol. The molecule has 1 aliphatic rings. The lowest BCUT2D eigenvalue weighted by Gasteiger charge is -2.26. The topological polar surface area (TPSA) is 105 Å². The van der Waals surface area contributed by atoms with E-state index in [9.17, 15) is 23.6 Å². The molecule has 0 atom stereocenters. The van der Waals surface area contributed by atoms with E-state index in [1.54, 1.807) is 30.3 Å². The number of urea groups is 1. The van der Waals surface area contributed by atoms with Gasteiger partial charge >= 0.3 is 6.03 Å². The molecule has 1 fully saturated rings. The second-order valence-corrected chi connectivity index (χ2v) is 8.15. The molecule has 1 heterocycles. The number of hydrogen-bond acceptors (Lipinski definition) is 5. The zero-order valence-corrected chi connectivity index (χ0v) is 19.5. The molecule has 0 saturated carbocycles. The van der Waals surface area contributed by atoms with Gasteiger partial charge < -0.3 is 10.1 Å². The number of ether oxygens (including phenoxy) is 1. The molecule has 3 aromatic rings. The van der Waals surface area contributed by atoms with Gasteiger partial charge in [0.2, 0.25) is 0 Å². The van der Waals surface area contributed by atoms with E-state index < -0.39 is 23.7 Å². The first-order chi connectivity index (χ1) is 17.2. The molecule has 0 radical (unpaired) electrons. The summed E-state index contributed by atoms with van der Waals surface area (Å²) >= 11 is 0. The molecule has 182 valence electrons. The highest BCUT2D eigenvalue weighted by Crippen LogP contribution is 2.23. The Labute approximate surface area is 206 Å². The number of carbonyl (C=O) groups is 4. The Hall–Kier alpha value is -4.79. The molecule has 1 saturated heterocycles. The molecule has 0 spiro atoms. The lowest BCUT2D eigenvalue weighted by molar-refractivity contribution is -0.122. The van der Waals surface area contributed by atoms with Crippen molar-refractivity contribution in [3.8, 4) is 5.75 Å². The van der Waals surface area contributed by atoms with Crippen LogP contribution in [0.15, 0.2) is 72.3 Å². The summed E-state index contributed by atoms with van der Waals surface area (Å²) in [5, 5.41) is 4.85. The van der Waals surface area contributed by atoms with Gasteiger partial charge in [0.05, 0.1) is 5.69 Å². The Balaban J connectivity index is 1.48. The van der Waals surface area contributed by atoms with E-state index in [0.29, 0.717) is 21.9 Å². The van der Waals surface area contributed by atoms with Gasteiger partial charge in [0, 0.05) is 5.69 Å². The number of imide groups is 2. The molecule has 5 amide bonds. The normalized spacial score (nSPS) is 14.6. The number of carbonyl (C=O) groups excluding carboxylic acids is 4. The third-order valence-corrected chi connectivity index (χ3v) is 5.50. The van der Waals surface area contributed by atoms with Crippen molar-refractivity contribution in [2.45, 2.75) is 13.8 Å². The van der Waals surface area contributed by atoms with Gasteiger partial charge in [-0.15, -0.1) is 0 Å². The minimum atomic E-state index is -0.973. The van der Waals surface area contributed by atoms with Crippen LogP contribution in [0.25, 0.3) is 6.08 Å². The zero-order valence-electron chi connectivity index (χ0n) is 19.5. The molecule has 3 aromatic carbocycles. The predicted octanol–water partition coefficient (Wildman–Crippen LogP) is 4.13. The van der Waals surface area contributed by atoms with Crippen molar-refractivity contribution in [2.75, 3.05) is 16.8 Å². The highest BCUT2D eigenvalue weighted by molar-refractivity contribution is 6.39. The number of hydrogen-bond donors (Lipinski definition) is 2. The minimum absolute atomic E-state index is 0.0113. The Bertz CT molecular complexity index is 1420. The van der Waals surface area contributed by atoms with Crippen molar-refractivity contribution in [1.82, 2.24) is 5.32 Å². The molecule has 8 nitrogen and oxygen atoms in total. The van der Waals surface area contributed by atoms with E-state index in [4.69, 9.17) is 4.74 Å². The quantitative estimate of drug-likeness (QED) is 0.402. The lowest BCUT2D eigenvalue weighted by Crippen LogP contribution is -2.54. The fourth-order valence-corrected chi connectivity index (χ4v) is 3.53. The highest BCUT2D eigenvalue weighted by atomic mass is 19.1. The fourth-order valence-electron chi connectivity index (χ4n) is 3.53. The van der Waals surface area contributed by atoms with Crippen molar-refractivity contribution in [2.24, 2.45) is 0 Å². The first kappa shape index (κ1) is 24.3. The number of nitrogens with zero attached hydrogens (tertiary/aromatic N) is 1. The summed E-state index contributed by atoms with van der Waals surface area (Å²) in [5.74, 6) is -2.43. The monoisotopic (exact) mass is 487 g/mol. The van der Waals surface area contributed by atoms with Crippen molar-refractivity contribution >= 4 is 41.2 Å². The number of benzene rings is 3. The molecule has 0 aliphatic carbocycles. The molecule has 0 aromatic heterocycles. The van der Waals surface area contributed by atoms with Crippen LogP contribution in [0.2, 0.25) is 0 Å². The number of aryl methyl sites for hydroxylation is 2. The first-order valence-electron chi connectivity index (χ1n) is 11.0. The van der Waals surface area contributed by atoms with E-state index in [-0.39, 0.29) is 23.8 Å². The Morgan fingerprint density at radius 3 is 2.53 bits per heavy atom. The van der Waals surface area contributed by atoms with Crippen LogP contribution in [0.4, 0.5) is 20.6 Å². The van der Waals surface area contributed by atoms with Gasteiger partial charge in [-0.25, -0.2) is 14.1 Å². The summed E-state index contributed by atoms with van der Waals surface area (Å²) in [5.41, 5.74) is 2.92. The second-order valence-electron chi connectivity index (χ2n) is 8.15. The number of halogens is 1. The summed E-state index contributed by atoms with van der Waals surface area (Å²) in [6, 6.07) is 15.9. The van der Waals surface area contributed by atoms with Crippen molar-refractivity contribution in [1.29, 1.82) is 0 Å². The molecule has 2 N–H and O–H groups in total. The fraction of sp³-hybridized carbons (Fsp3) is 0.111. The lowest BCUT2D eigenvalue weighted by atomic mass is 10.1. The molecule has 4 rings (SSSR count). The minimum Gasteiger partial charge on any atom is -0.484 e. The second kappa shape index (κ2) is 10.2. The Morgan fingerprint density at radius 2 is 1.78 bits per heavy atom. The summed E-state index contributed by atoms with van der Waals surface area (Å²) in [6.07, 6.45) is 1.29. The predicted molar refractivity (Wildman–Crippen MR) is 132 cm³/mol. The molecule has 0 bridgehead atoms. The summed E-state index contributed by atoms with van der Waals surface area (Å²) < 4.78 is 19.2. The number of barbiturate groups is 1. The van der Waals surface area contributed by atoms with Gasteiger partial charge in [-0.1, -0.05) is 24.3 Å². The summed E-state index contributed by atoms with van der Waals surface area (Å²) in [4.78, 5) is 50.6. The van der Waals surface area contributed by atoms with Crippen LogP contribution >= 0.6 is 0 Å². The van der Waals surface area contributed by atoms with Gasteiger partial charge in [0.25, 0.3) is 17.7 Å². The smallest absolute Gasteiger partial charge is 0.335 e. The zero-order chi connectivity index (χ0) is 25.8. The van der Waals surface area contributed by atoms with Gasteiger partial charge in [-0.2, -0.15) is 0 Å². The molecule has 0 unspecified atom stereocenters. The number of nitrogens with one attached hydrogen (secondary N) is 2. The van der Waals surface area contributed by atoms with Crippen LogP contribution in [0.5, 0.6) is 5.75 Å². The van der Waals surface area contributed by atoms with Crippen molar-refractivity contribution < 1.29 is 28.3 Å². The van der Waals surface area contributed by atoms with E-state index in [2.05, 4.69) is 10.6 Å². The van der Waals surface area contributed by atoms with Gasteiger partial charge in [0.1, 0.15) is 17.1 Å². The molecular formula is C27H22FN3O5. The summed E-state index contributed by atoms with van der Waals surface area (Å²) in [6.45, 7) is 3.67. The number of rotatable bonds is 6. The maximum absolute atomic E-state index is 13.6. The highest BCUT2D eigenvalue weighted by Gasteiger charge is 2.36. The number of anilines is 2. The van der Waals surface area contributed by atoms with Gasteiger partial charge in [0.15, 0.2) is 6.61 Å². The third-order valence-electron chi connectivity index (χ3n) is 5.50. The number of amides is 5. The van der Waals surface area contributed by atoms with Crippen LogP contribution in [0, 0.1) is 19.7 Å². The van der Waals surface area contributed by atoms with Crippen molar-refractivity contribution in [3.05, 3.63) is 94.8 Å². The first-order valence-corrected chi connectivity index (χ1v) is 11.0. The third kappa shape index (κ3) is 5.47. The van der Waals surface area contributed by atoms with Crippen molar-refractivity contribution in [3.63, 3.8) is 0 Å². The van der Waals surface area contributed by atoms with E-state index in [1.807, 2.05) is 26.0 Å². The van der Waals surface area contributed by atoms with Crippen LogP contribution in [-0.2, 0) is 14.4 Å². The summed E-state index contributed by atoms with van der Waals surface area (Å²) in [7, 11) is 0. The Morgan fingerprint density at radius 1 is 1.00 bits per heavy atom. The maximum atomic E-state index is 13.6. The van der Waals surface area contributed by atoms with Crippen LogP contribution in [0.3, 0.4) is 0 Å². The SMILES string of the molecule is Cc1ccc(NC(=O)COc2cccc(/C=C3\C(=O)NC(=O)N(c4cccc(F)c4)C3=O)c2)cc1C. The van der Waals surface area contributed by atoms with Crippen LogP contribution in [0.1, 0.15) is 16.7 Å². The van der Waals surface area contributed by atoms with Gasteiger partial charge in [-0.05, 0) is 79.1 Å². The van der Waals surface area contributed by atoms with Crippen LogP contribution < -0.4 is 20.3 Å². The molecule has 1 aliphatic heterocycles. The standard InChI is InChI=1S/C27H22FN3O5/c1-16-9-10-20(11-17(16)2)29-24(32)15-36-22-8-3-5-18(12-22)13-23-25(33)30-27(35)31(26(23)34)21-7-4-6-19(28)14-21/h3-14H,15H2,1-2H3,(H,29,32)(H,30,33,35)/b23-13+.